The van der Waals surface area contributed by atoms with Crippen LogP contribution in [0.2, 0.25) is 0 Å². The first-order chi connectivity index (χ1) is 6.74. The van der Waals surface area contributed by atoms with E-state index < -0.39 is 5.60 Å². The van der Waals surface area contributed by atoms with Crippen LogP contribution in [0, 0.1) is 0 Å². The van der Waals surface area contributed by atoms with Crippen LogP contribution < -0.4 is 0 Å². The lowest BCUT2D eigenvalue weighted by molar-refractivity contribution is -0.0629. The standard InChI is InChI=1S/C11H16O2S/c1-13-10-3-2-5-11(12,7-10)9-4-6-14-8-9/h4,6,8,10,12H,2-3,5,7H2,1H3. The summed E-state index contributed by atoms with van der Waals surface area (Å²) in [7, 11) is 1.73. The van der Waals surface area contributed by atoms with Crippen LogP contribution in [-0.2, 0) is 10.3 Å². The molecule has 0 aliphatic heterocycles. The summed E-state index contributed by atoms with van der Waals surface area (Å²) in [5, 5.41) is 14.5. The fraction of sp³-hybridized carbons (Fsp3) is 0.636. The minimum atomic E-state index is -0.640. The maximum absolute atomic E-state index is 10.5. The van der Waals surface area contributed by atoms with Crippen LogP contribution in [0.3, 0.4) is 0 Å². The third-order valence-electron chi connectivity index (χ3n) is 3.07. The summed E-state index contributed by atoms with van der Waals surface area (Å²) < 4.78 is 5.33. The summed E-state index contributed by atoms with van der Waals surface area (Å²) in [6, 6.07) is 2.02. The summed E-state index contributed by atoms with van der Waals surface area (Å²) in [5.41, 5.74) is 0.420. The zero-order valence-corrected chi connectivity index (χ0v) is 9.22. The molecule has 1 fully saturated rings. The first kappa shape index (κ1) is 10.1. The molecule has 1 aliphatic carbocycles. The van der Waals surface area contributed by atoms with E-state index in [0.29, 0.717) is 0 Å². The lowest BCUT2D eigenvalue weighted by atomic mass is 9.79. The summed E-state index contributed by atoms with van der Waals surface area (Å²) in [6.45, 7) is 0. The maximum atomic E-state index is 10.5. The first-order valence-corrected chi connectivity index (χ1v) is 5.97. The smallest absolute Gasteiger partial charge is 0.0929 e. The predicted molar refractivity (Wildman–Crippen MR) is 57.5 cm³/mol. The molecule has 0 aromatic carbocycles. The van der Waals surface area contributed by atoms with Gasteiger partial charge in [0.05, 0.1) is 11.7 Å². The fourth-order valence-corrected chi connectivity index (χ4v) is 2.94. The van der Waals surface area contributed by atoms with E-state index in [9.17, 15) is 5.11 Å². The van der Waals surface area contributed by atoms with Crippen LogP contribution >= 0.6 is 11.3 Å². The summed E-state index contributed by atoms with van der Waals surface area (Å²) in [4.78, 5) is 0. The number of hydrogen-bond acceptors (Lipinski definition) is 3. The van der Waals surface area contributed by atoms with Gasteiger partial charge in [-0.1, -0.05) is 0 Å². The van der Waals surface area contributed by atoms with Crippen molar-refractivity contribution < 1.29 is 9.84 Å². The molecular weight excluding hydrogens is 196 g/mol. The largest absolute Gasteiger partial charge is 0.385 e. The van der Waals surface area contributed by atoms with Gasteiger partial charge in [-0.2, -0.15) is 11.3 Å². The molecule has 14 heavy (non-hydrogen) atoms. The molecule has 2 unspecified atom stereocenters. The van der Waals surface area contributed by atoms with Gasteiger partial charge in [0.1, 0.15) is 0 Å². The van der Waals surface area contributed by atoms with Gasteiger partial charge in [0.2, 0.25) is 0 Å². The van der Waals surface area contributed by atoms with E-state index in [1.54, 1.807) is 18.4 Å². The van der Waals surface area contributed by atoms with E-state index in [1.165, 1.54) is 0 Å². The second kappa shape index (κ2) is 4.01. The minimum Gasteiger partial charge on any atom is -0.385 e. The molecule has 1 heterocycles. The highest BCUT2D eigenvalue weighted by molar-refractivity contribution is 7.08. The van der Waals surface area contributed by atoms with E-state index in [0.717, 1.165) is 31.2 Å². The van der Waals surface area contributed by atoms with Crippen molar-refractivity contribution in [2.45, 2.75) is 37.4 Å². The van der Waals surface area contributed by atoms with Gasteiger partial charge in [0.25, 0.3) is 0 Å². The number of aliphatic hydroxyl groups is 1. The molecule has 1 N–H and O–H groups in total. The second-order valence-electron chi connectivity index (χ2n) is 4.00. The van der Waals surface area contributed by atoms with Gasteiger partial charge < -0.3 is 9.84 Å². The van der Waals surface area contributed by atoms with Crippen LogP contribution in [0.4, 0.5) is 0 Å². The van der Waals surface area contributed by atoms with Gasteiger partial charge in [-0.05, 0) is 41.7 Å². The number of hydrogen-bond donors (Lipinski definition) is 1. The Morgan fingerprint density at radius 3 is 3.14 bits per heavy atom. The monoisotopic (exact) mass is 212 g/mol. The van der Waals surface area contributed by atoms with Gasteiger partial charge in [-0.3, -0.25) is 0 Å². The number of rotatable bonds is 2. The zero-order chi connectivity index (χ0) is 10.0. The van der Waals surface area contributed by atoms with Gasteiger partial charge in [-0.25, -0.2) is 0 Å². The quantitative estimate of drug-likeness (QED) is 0.816. The lowest BCUT2D eigenvalue weighted by Crippen LogP contribution is -2.35. The molecule has 3 heteroatoms. The van der Waals surface area contributed by atoms with Crippen LogP contribution in [0.15, 0.2) is 16.8 Å². The molecule has 1 aromatic rings. The molecular formula is C11H16O2S. The third kappa shape index (κ3) is 1.85. The topological polar surface area (TPSA) is 29.5 Å². The molecule has 1 aliphatic rings. The third-order valence-corrected chi connectivity index (χ3v) is 3.76. The average molecular weight is 212 g/mol. The molecule has 1 saturated carbocycles. The Hall–Kier alpha value is -0.380. The summed E-state index contributed by atoms with van der Waals surface area (Å²) >= 11 is 1.64. The summed E-state index contributed by atoms with van der Waals surface area (Å²) in [5.74, 6) is 0. The van der Waals surface area contributed by atoms with Crippen molar-refractivity contribution in [2.24, 2.45) is 0 Å². The van der Waals surface area contributed by atoms with Crippen LogP contribution in [0.5, 0.6) is 0 Å². The van der Waals surface area contributed by atoms with Crippen LogP contribution in [-0.4, -0.2) is 18.3 Å². The molecule has 0 radical (unpaired) electrons. The Labute approximate surface area is 88.5 Å². The molecule has 2 nitrogen and oxygen atoms in total. The van der Waals surface area contributed by atoms with E-state index in [1.807, 2.05) is 16.8 Å². The highest BCUT2D eigenvalue weighted by Crippen LogP contribution is 2.38. The molecule has 78 valence electrons. The Morgan fingerprint density at radius 1 is 1.64 bits per heavy atom. The molecule has 0 bridgehead atoms. The van der Waals surface area contributed by atoms with Crippen LogP contribution in [0.1, 0.15) is 31.2 Å². The van der Waals surface area contributed by atoms with Crippen LogP contribution in [0.25, 0.3) is 0 Å². The van der Waals surface area contributed by atoms with E-state index in [-0.39, 0.29) is 6.10 Å². The lowest BCUT2D eigenvalue weighted by Gasteiger charge is -2.35. The molecule has 2 rings (SSSR count). The minimum absolute atomic E-state index is 0.216. The molecule has 0 spiro atoms. The average Bonchev–Trinajstić information content (AvgIpc) is 2.71. The Kier molecular flexibility index (Phi) is 2.91. The Morgan fingerprint density at radius 2 is 2.50 bits per heavy atom. The first-order valence-electron chi connectivity index (χ1n) is 5.02. The SMILES string of the molecule is COC1CCCC(O)(c2ccsc2)C1. The molecule has 1 aromatic heterocycles. The van der Waals surface area contributed by atoms with Crippen molar-refractivity contribution in [1.29, 1.82) is 0 Å². The Balaban J connectivity index is 2.15. The number of methoxy groups -OCH3 is 1. The van der Waals surface area contributed by atoms with Crippen molar-refractivity contribution in [3.8, 4) is 0 Å². The highest BCUT2D eigenvalue weighted by atomic mass is 32.1. The van der Waals surface area contributed by atoms with Crippen molar-refractivity contribution in [2.75, 3.05) is 7.11 Å². The van der Waals surface area contributed by atoms with E-state index in [2.05, 4.69) is 0 Å². The van der Waals surface area contributed by atoms with Crippen molar-refractivity contribution in [3.63, 3.8) is 0 Å². The number of thiophene rings is 1. The van der Waals surface area contributed by atoms with Crippen molar-refractivity contribution in [3.05, 3.63) is 22.4 Å². The number of ether oxygens (including phenoxy) is 1. The molecule has 2 atom stereocenters. The predicted octanol–water partition coefficient (Wildman–Crippen LogP) is 2.52. The Bertz CT molecular complexity index is 283. The highest BCUT2D eigenvalue weighted by Gasteiger charge is 2.36. The summed E-state index contributed by atoms with van der Waals surface area (Å²) in [6.07, 6.45) is 3.94. The normalized spacial score (nSPS) is 33.1. The van der Waals surface area contributed by atoms with E-state index in [4.69, 9.17) is 4.74 Å². The fourth-order valence-electron chi connectivity index (χ4n) is 2.20. The second-order valence-corrected chi connectivity index (χ2v) is 4.78. The van der Waals surface area contributed by atoms with E-state index >= 15 is 0 Å². The molecule has 0 saturated heterocycles. The van der Waals surface area contributed by atoms with Gasteiger partial charge in [0.15, 0.2) is 0 Å². The maximum Gasteiger partial charge on any atom is 0.0929 e. The molecule has 0 amide bonds. The van der Waals surface area contributed by atoms with Crippen molar-refractivity contribution in [1.82, 2.24) is 0 Å². The van der Waals surface area contributed by atoms with Gasteiger partial charge in [0, 0.05) is 13.5 Å². The van der Waals surface area contributed by atoms with Gasteiger partial charge in [-0.15, -0.1) is 0 Å². The van der Waals surface area contributed by atoms with Crippen molar-refractivity contribution >= 4 is 11.3 Å². The zero-order valence-electron chi connectivity index (χ0n) is 8.40. The van der Waals surface area contributed by atoms with Gasteiger partial charge >= 0.3 is 0 Å².